The van der Waals surface area contributed by atoms with Crippen LogP contribution in [-0.2, 0) is 19.3 Å². The van der Waals surface area contributed by atoms with Crippen molar-refractivity contribution in [3.63, 3.8) is 0 Å². The molecule has 0 aliphatic carbocycles. The number of carbonyl (C=O) groups excluding carboxylic acids is 4. The molecule has 0 amide bonds. The maximum absolute atomic E-state index is 13.3. The standard InChI is InChI=1S/C31H29N3O7/c1-6-26(32-40-18(3)35)30(37)20-8-14-28-24(16-20)25-17-21(31(38)27(7-2)33-41-19(4)36)9-15-29(25)34(28)22-10-12-23(39-5)13-11-22/h8-17H,6-7H2,1-5H3/b32-26+,33-27+. The predicted molar refractivity (Wildman–Crippen MR) is 155 cm³/mol. The van der Waals surface area contributed by atoms with Gasteiger partial charge in [0.05, 0.1) is 18.1 Å². The van der Waals surface area contributed by atoms with E-state index in [0.29, 0.717) is 27.6 Å². The van der Waals surface area contributed by atoms with Gasteiger partial charge in [0.2, 0.25) is 11.6 Å². The Hall–Kier alpha value is -5.12. The van der Waals surface area contributed by atoms with Gasteiger partial charge in [-0.3, -0.25) is 9.59 Å². The molecule has 210 valence electrons. The van der Waals surface area contributed by atoms with Crippen molar-refractivity contribution in [2.24, 2.45) is 10.3 Å². The van der Waals surface area contributed by atoms with Gasteiger partial charge in [-0.25, -0.2) is 9.59 Å². The number of carbonyl (C=O) groups is 4. The third-order valence-electron chi connectivity index (χ3n) is 6.38. The fraction of sp³-hybridized carbons (Fsp3) is 0.226. The highest BCUT2D eigenvalue weighted by atomic mass is 16.7. The molecule has 0 radical (unpaired) electrons. The Labute approximate surface area is 236 Å². The molecule has 4 rings (SSSR count). The summed E-state index contributed by atoms with van der Waals surface area (Å²) >= 11 is 0. The number of Topliss-reactive ketones (excluding diaryl/α,β-unsaturated/α-hetero) is 2. The van der Waals surface area contributed by atoms with Crippen molar-refractivity contribution in [2.75, 3.05) is 7.11 Å². The summed E-state index contributed by atoms with van der Waals surface area (Å²) in [6.45, 7) is 5.91. The zero-order valence-corrected chi connectivity index (χ0v) is 23.4. The molecule has 3 aromatic carbocycles. The van der Waals surface area contributed by atoms with Crippen molar-refractivity contribution in [1.29, 1.82) is 0 Å². The van der Waals surface area contributed by atoms with Crippen LogP contribution in [0.15, 0.2) is 71.0 Å². The lowest BCUT2D eigenvalue weighted by Gasteiger charge is -2.09. The molecule has 0 aliphatic heterocycles. The highest BCUT2D eigenvalue weighted by molar-refractivity contribution is 6.47. The molecule has 0 spiro atoms. The van der Waals surface area contributed by atoms with Gasteiger partial charge in [-0.1, -0.05) is 24.2 Å². The van der Waals surface area contributed by atoms with Crippen LogP contribution in [0.4, 0.5) is 0 Å². The number of aromatic nitrogens is 1. The van der Waals surface area contributed by atoms with Crippen LogP contribution in [-0.4, -0.2) is 46.6 Å². The molecule has 1 heterocycles. The number of fused-ring (bicyclic) bond motifs is 3. The molecule has 4 aromatic rings. The van der Waals surface area contributed by atoms with Gasteiger partial charge in [0, 0.05) is 41.4 Å². The van der Waals surface area contributed by atoms with E-state index >= 15 is 0 Å². The second kappa shape index (κ2) is 12.4. The Morgan fingerprint density at radius 3 is 1.49 bits per heavy atom. The summed E-state index contributed by atoms with van der Waals surface area (Å²) in [4.78, 5) is 58.5. The molecule has 1 aromatic heterocycles. The van der Waals surface area contributed by atoms with Crippen LogP contribution in [0.1, 0.15) is 61.3 Å². The van der Waals surface area contributed by atoms with Crippen LogP contribution in [0.3, 0.4) is 0 Å². The fourth-order valence-corrected chi connectivity index (χ4v) is 4.42. The van der Waals surface area contributed by atoms with E-state index in [2.05, 4.69) is 10.3 Å². The molecular formula is C31H29N3O7. The van der Waals surface area contributed by atoms with Gasteiger partial charge in [0.15, 0.2) is 0 Å². The summed E-state index contributed by atoms with van der Waals surface area (Å²) in [5.74, 6) is -1.30. The van der Waals surface area contributed by atoms with Gasteiger partial charge in [0.25, 0.3) is 0 Å². The minimum atomic E-state index is -0.623. The number of hydrogen-bond acceptors (Lipinski definition) is 9. The molecule has 10 heteroatoms. The Kier molecular flexibility index (Phi) is 8.72. The number of rotatable bonds is 10. The van der Waals surface area contributed by atoms with Gasteiger partial charge >= 0.3 is 11.9 Å². The summed E-state index contributed by atoms with van der Waals surface area (Å²) in [7, 11) is 1.59. The van der Waals surface area contributed by atoms with E-state index in [1.54, 1.807) is 45.2 Å². The third kappa shape index (κ3) is 6.06. The first-order valence-electron chi connectivity index (χ1n) is 13.0. The van der Waals surface area contributed by atoms with Gasteiger partial charge in [-0.05, 0) is 73.5 Å². The summed E-state index contributed by atoms with van der Waals surface area (Å²) < 4.78 is 7.33. The van der Waals surface area contributed by atoms with Gasteiger partial charge in [0.1, 0.15) is 17.2 Å². The molecule has 0 saturated carbocycles. The van der Waals surface area contributed by atoms with E-state index in [9.17, 15) is 19.2 Å². The monoisotopic (exact) mass is 555 g/mol. The Morgan fingerprint density at radius 2 is 1.12 bits per heavy atom. The zero-order chi connectivity index (χ0) is 29.7. The molecule has 0 saturated heterocycles. The summed E-state index contributed by atoms with van der Waals surface area (Å²) in [5, 5.41) is 8.90. The summed E-state index contributed by atoms with van der Waals surface area (Å²) in [5.41, 5.74) is 3.34. The molecule has 0 N–H and O–H groups in total. The van der Waals surface area contributed by atoms with E-state index in [1.807, 2.05) is 41.0 Å². The fourth-order valence-electron chi connectivity index (χ4n) is 4.42. The molecule has 10 nitrogen and oxygen atoms in total. The Balaban J connectivity index is 1.93. The van der Waals surface area contributed by atoms with Gasteiger partial charge in [-0.15, -0.1) is 0 Å². The number of hydrogen-bond donors (Lipinski definition) is 0. The van der Waals surface area contributed by atoms with Crippen LogP contribution in [0.25, 0.3) is 27.5 Å². The maximum atomic E-state index is 13.3. The van der Waals surface area contributed by atoms with Crippen molar-refractivity contribution in [3.05, 3.63) is 71.8 Å². The highest BCUT2D eigenvalue weighted by Gasteiger charge is 2.21. The van der Waals surface area contributed by atoms with E-state index in [0.717, 1.165) is 16.7 Å². The predicted octanol–water partition coefficient (Wildman–Crippen LogP) is 5.82. The lowest BCUT2D eigenvalue weighted by molar-refractivity contribution is -0.141. The Morgan fingerprint density at radius 1 is 0.683 bits per heavy atom. The van der Waals surface area contributed by atoms with Crippen molar-refractivity contribution in [2.45, 2.75) is 40.5 Å². The first-order chi connectivity index (χ1) is 19.7. The van der Waals surface area contributed by atoms with Crippen molar-refractivity contribution >= 4 is 56.7 Å². The van der Waals surface area contributed by atoms with Crippen LogP contribution in [0.5, 0.6) is 5.75 Å². The lowest BCUT2D eigenvalue weighted by atomic mass is 10.00. The zero-order valence-electron chi connectivity index (χ0n) is 23.4. The number of oxime groups is 2. The number of ketones is 2. The minimum absolute atomic E-state index is 0.101. The molecule has 0 atom stereocenters. The average Bonchev–Trinajstić information content (AvgIpc) is 3.30. The number of methoxy groups -OCH3 is 1. The number of ether oxygens (including phenoxy) is 1. The maximum Gasteiger partial charge on any atom is 0.331 e. The van der Waals surface area contributed by atoms with E-state index < -0.39 is 11.9 Å². The first-order valence-corrected chi connectivity index (χ1v) is 13.0. The summed E-state index contributed by atoms with van der Waals surface area (Å²) in [6.07, 6.45) is 0.524. The number of benzene rings is 3. The van der Waals surface area contributed by atoms with Gasteiger partial charge in [-0.2, -0.15) is 0 Å². The summed E-state index contributed by atoms with van der Waals surface area (Å²) in [6, 6.07) is 18.0. The smallest absolute Gasteiger partial charge is 0.331 e. The van der Waals surface area contributed by atoms with E-state index in [-0.39, 0.29) is 35.8 Å². The molecule has 0 bridgehead atoms. The normalized spacial score (nSPS) is 11.9. The SMILES string of the molecule is CC/C(=N\OC(C)=O)C(=O)c1ccc2c(c1)c1cc(C(=O)/C(CC)=N/OC(C)=O)ccc1n2-c1ccc(OC)cc1. The van der Waals surface area contributed by atoms with Gasteiger partial charge < -0.3 is 19.0 Å². The molecule has 0 fully saturated rings. The van der Waals surface area contributed by atoms with Crippen molar-refractivity contribution in [1.82, 2.24) is 4.57 Å². The quantitative estimate of drug-likeness (QED) is 0.105. The van der Waals surface area contributed by atoms with Crippen LogP contribution in [0, 0.1) is 0 Å². The minimum Gasteiger partial charge on any atom is -0.497 e. The largest absolute Gasteiger partial charge is 0.497 e. The van der Waals surface area contributed by atoms with Crippen molar-refractivity contribution in [3.8, 4) is 11.4 Å². The van der Waals surface area contributed by atoms with Crippen LogP contribution < -0.4 is 4.74 Å². The van der Waals surface area contributed by atoms with E-state index in [1.165, 1.54) is 13.8 Å². The molecule has 0 unspecified atom stereocenters. The second-order valence-electron chi connectivity index (χ2n) is 9.10. The van der Waals surface area contributed by atoms with E-state index in [4.69, 9.17) is 14.4 Å². The van der Waals surface area contributed by atoms with Crippen LogP contribution >= 0.6 is 0 Å². The Bertz CT molecular complexity index is 1630. The molecular weight excluding hydrogens is 526 g/mol. The van der Waals surface area contributed by atoms with Crippen molar-refractivity contribution < 1.29 is 33.6 Å². The average molecular weight is 556 g/mol. The first kappa shape index (κ1) is 28.9. The molecule has 0 aliphatic rings. The molecule has 41 heavy (non-hydrogen) atoms. The third-order valence-corrected chi connectivity index (χ3v) is 6.38. The second-order valence-corrected chi connectivity index (χ2v) is 9.10. The number of nitrogens with zero attached hydrogens (tertiary/aromatic N) is 3. The highest BCUT2D eigenvalue weighted by Crippen LogP contribution is 2.34. The van der Waals surface area contributed by atoms with Crippen LogP contribution in [0.2, 0.25) is 0 Å². The topological polar surface area (TPSA) is 126 Å². The lowest BCUT2D eigenvalue weighted by Crippen LogP contribution is -2.15.